The fourth-order valence-electron chi connectivity index (χ4n) is 3.52. The van der Waals surface area contributed by atoms with Gasteiger partial charge in [0.05, 0.1) is 13.5 Å². The van der Waals surface area contributed by atoms with Gasteiger partial charge in [0, 0.05) is 0 Å². The normalized spacial score (nSPS) is 14.1. The van der Waals surface area contributed by atoms with Crippen molar-refractivity contribution >= 4 is 29.3 Å². The Morgan fingerprint density at radius 3 is 2.45 bits per heavy atom. The van der Waals surface area contributed by atoms with E-state index in [1.807, 2.05) is 6.08 Å². The summed E-state index contributed by atoms with van der Waals surface area (Å²) in [7, 11) is 1.41. The second-order valence-corrected chi connectivity index (χ2v) is 6.66. The number of ether oxygens (including phenoxy) is 2. The minimum atomic E-state index is -1.44. The molecular formula is C22H19FO6. The van der Waals surface area contributed by atoms with Crippen LogP contribution < -0.4 is 9.47 Å². The van der Waals surface area contributed by atoms with Crippen LogP contribution >= 0.6 is 0 Å². The van der Waals surface area contributed by atoms with Crippen molar-refractivity contribution in [3.63, 3.8) is 0 Å². The van der Waals surface area contributed by atoms with Gasteiger partial charge in [0.1, 0.15) is 5.82 Å². The lowest BCUT2D eigenvalue weighted by Crippen LogP contribution is -2.06. The zero-order chi connectivity index (χ0) is 21.3. The number of aliphatic carboxylic acids is 1. The molecule has 0 radical (unpaired) electrons. The Labute approximate surface area is 166 Å². The van der Waals surface area contributed by atoms with Crippen LogP contribution in [0.1, 0.15) is 35.6 Å². The number of allylic oxidation sites excluding steroid dienone is 2. The van der Waals surface area contributed by atoms with Crippen LogP contribution in [0.15, 0.2) is 35.9 Å². The molecule has 1 aliphatic carbocycles. The number of methoxy groups -OCH3 is 1. The summed E-state index contributed by atoms with van der Waals surface area (Å²) < 4.78 is 23.8. The van der Waals surface area contributed by atoms with Crippen LogP contribution in [0.5, 0.6) is 11.5 Å². The Morgan fingerprint density at radius 2 is 1.83 bits per heavy atom. The number of rotatable bonds is 5. The molecule has 6 nitrogen and oxygen atoms in total. The van der Waals surface area contributed by atoms with Crippen molar-refractivity contribution in [1.29, 1.82) is 0 Å². The summed E-state index contributed by atoms with van der Waals surface area (Å²) >= 11 is 0. The maximum Gasteiger partial charge on any atom is 0.511 e. The van der Waals surface area contributed by atoms with E-state index in [9.17, 15) is 19.1 Å². The van der Waals surface area contributed by atoms with Crippen molar-refractivity contribution in [2.75, 3.05) is 7.11 Å². The van der Waals surface area contributed by atoms with Gasteiger partial charge < -0.3 is 19.7 Å². The minimum Gasteiger partial charge on any atom is -0.493 e. The summed E-state index contributed by atoms with van der Waals surface area (Å²) in [5.41, 5.74) is 4.64. The van der Waals surface area contributed by atoms with Gasteiger partial charge in [-0.15, -0.1) is 0 Å². The van der Waals surface area contributed by atoms with Crippen molar-refractivity contribution in [3.8, 4) is 11.5 Å². The first-order chi connectivity index (χ1) is 13.7. The van der Waals surface area contributed by atoms with Gasteiger partial charge in [-0.3, -0.25) is 4.79 Å². The molecule has 0 aliphatic heterocycles. The van der Waals surface area contributed by atoms with Gasteiger partial charge in [-0.1, -0.05) is 6.07 Å². The molecule has 29 heavy (non-hydrogen) atoms. The third kappa shape index (κ3) is 3.99. The highest BCUT2D eigenvalue weighted by Gasteiger charge is 2.26. The van der Waals surface area contributed by atoms with Crippen LogP contribution in [0.2, 0.25) is 0 Å². The van der Waals surface area contributed by atoms with E-state index < -0.39 is 17.9 Å². The van der Waals surface area contributed by atoms with Crippen molar-refractivity contribution in [2.45, 2.75) is 20.3 Å². The van der Waals surface area contributed by atoms with E-state index in [0.717, 1.165) is 16.7 Å². The molecule has 0 heterocycles. The molecule has 0 atom stereocenters. The molecule has 1 aliphatic rings. The van der Waals surface area contributed by atoms with E-state index in [1.54, 1.807) is 32.0 Å². The molecule has 0 amide bonds. The number of carboxylic acids is 1. The second kappa shape index (κ2) is 7.79. The van der Waals surface area contributed by atoms with Gasteiger partial charge in [-0.2, -0.15) is 0 Å². The lowest BCUT2D eigenvalue weighted by atomic mass is 9.99. The average molecular weight is 398 g/mol. The standard InChI is InChI=1S/C22H19FO6/c1-11-6-13(8-19(28-3)21(11)29-22(26)27)7-16-12(2)17(10-20(24)25)18-9-14(23)4-5-15(16)18/h4-9H,10H2,1-3H3,(H,24,25)(H,26,27)/b16-7-. The second-order valence-electron chi connectivity index (χ2n) is 6.66. The third-order valence-electron chi connectivity index (χ3n) is 4.76. The molecule has 150 valence electrons. The van der Waals surface area contributed by atoms with Gasteiger partial charge in [-0.25, -0.2) is 9.18 Å². The van der Waals surface area contributed by atoms with Crippen LogP contribution in [0, 0.1) is 12.7 Å². The largest absolute Gasteiger partial charge is 0.511 e. The van der Waals surface area contributed by atoms with E-state index in [1.165, 1.54) is 19.2 Å². The first-order valence-electron chi connectivity index (χ1n) is 8.74. The Kier molecular flexibility index (Phi) is 5.41. The van der Waals surface area contributed by atoms with Crippen LogP contribution in [0.25, 0.3) is 17.2 Å². The molecule has 0 spiro atoms. The lowest BCUT2D eigenvalue weighted by Gasteiger charge is -2.12. The predicted molar refractivity (Wildman–Crippen MR) is 106 cm³/mol. The van der Waals surface area contributed by atoms with E-state index in [2.05, 4.69) is 0 Å². The highest BCUT2D eigenvalue weighted by molar-refractivity contribution is 6.07. The van der Waals surface area contributed by atoms with E-state index in [0.29, 0.717) is 22.3 Å². The van der Waals surface area contributed by atoms with Crippen LogP contribution in [-0.2, 0) is 4.79 Å². The molecule has 0 fully saturated rings. The number of aryl methyl sites for hydroxylation is 1. The number of hydrogen-bond acceptors (Lipinski definition) is 4. The Morgan fingerprint density at radius 1 is 1.10 bits per heavy atom. The molecule has 3 rings (SSSR count). The smallest absolute Gasteiger partial charge is 0.493 e. The van der Waals surface area contributed by atoms with Gasteiger partial charge in [0.25, 0.3) is 0 Å². The molecule has 0 bridgehead atoms. The Balaban J connectivity index is 2.15. The quantitative estimate of drug-likeness (QED) is 0.544. The number of fused-ring (bicyclic) bond motifs is 1. The molecular weight excluding hydrogens is 379 g/mol. The fraction of sp³-hybridized carbons (Fsp3) is 0.182. The van der Waals surface area contributed by atoms with Crippen LogP contribution in [-0.4, -0.2) is 29.4 Å². The topological polar surface area (TPSA) is 93.1 Å². The number of carboxylic acid groups (broad SMARTS) is 2. The number of hydrogen-bond donors (Lipinski definition) is 2. The van der Waals surface area contributed by atoms with Crippen LogP contribution in [0.3, 0.4) is 0 Å². The SMILES string of the molecule is COc1cc(/C=C2/C(C)=C(CC(=O)O)c3cc(F)ccc32)cc(C)c1OC(=O)O. The number of carbonyl (C=O) groups is 2. The van der Waals surface area contributed by atoms with Crippen molar-refractivity contribution in [1.82, 2.24) is 0 Å². The van der Waals surface area contributed by atoms with E-state index in [4.69, 9.17) is 14.6 Å². The summed E-state index contributed by atoms with van der Waals surface area (Å²) in [6, 6.07) is 7.66. The van der Waals surface area contributed by atoms with Gasteiger partial charge in [0.2, 0.25) is 0 Å². The maximum atomic E-state index is 13.8. The molecule has 2 aromatic carbocycles. The summed E-state index contributed by atoms with van der Waals surface area (Å²) in [5.74, 6) is -1.07. The highest BCUT2D eigenvalue weighted by Crippen LogP contribution is 2.44. The Bertz CT molecular complexity index is 1080. The summed E-state index contributed by atoms with van der Waals surface area (Å²) in [6.07, 6.45) is 0.176. The minimum absolute atomic E-state index is 0.106. The predicted octanol–water partition coefficient (Wildman–Crippen LogP) is 5.00. The summed E-state index contributed by atoms with van der Waals surface area (Å²) in [5, 5.41) is 18.1. The maximum absolute atomic E-state index is 13.8. The van der Waals surface area contributed by atoms with Gasteiger partial charge in [0.15, 0.2) is 11.5 Å². The molecule has 0 aromatic heterocycles. The summed E-state index contributed by atoms with van der Waals surface area (Å²) in [4.78, 5) is 22.2. The highest BCUT2D eigenvalue weighted by atomic mass is 19.1. The first kappa shape index (κ1) is 20.1. The van der Waals surface area contributed by atoms with Crippen LogP contribution in [0.4, 0.5) is 9.18 Å². The molecule has 7 heteroatoms. The third-order valence-corrected chi connectivity index (χ3v) is 4.76. The Hall–Kier alpha value is -3.61. The lowest BCUT2D eigenvalue weighted by molar-refractivity contribution is -0.135. The van der Waals surface area contributed by atoms with Gasteiger partial charge in [-0.05, 0) is 83.2 Å². The monoisotopic (exact) mass is 398 g/mol. The molecule has 0 saturated carbocycles. The summed E-state index contributed by atoms with van der Waals surface area (Å²) in [6.45, 7) is 3.49. The number of halogens is 1. The molecule has 0 unspecified atom stereocenters. The first-order valence-corrected chi connectivity index (χ1v) is 8.74. The van der Waals surface area contributed by atoms with Crippen molar-refractivity contribution < 1.29 is 33.7 Å². The fourth-order valence-corrected chi connectivity index (χ4v) is 3.52. The zero-order valence-corrected chi connectivity index (χ0v) is 16.1. The molecule has 2 aromatic rings. The van der Waals surface area contributed by atoms with E-state index in [-0.39, 0.29) is 17.9 Å². The molecule has 0 saturated heterocycles. The average Bonchev–Trinajstić information content (AvgIpc) is 2.88. The van der Waals surface area contributed by atoms with Crippen molar-refractivity contribution in [3.05, 3.63) is 64.0 Å². The molecule has 2 N–H and O–H groups in total. The van der Waals surface area contributed by atoms with Crippen molar-refractivity contribution in [2.24, 2.45) is 0 Å². The van der Waals surface area contributed by atoms with E-state index >= 15 is 0 Å². The number of benzene rings is 2. The zero-order valence-electron chi connectivity index (χ0n) is 16.1. The van der Waals surface area contributed by atoms with Gasteiger partial charge >= 0.3 is 12.1 Å².